The first-order valence-electron chi connectivity index (χ1n) is 9.08. The van der Waals surface area contributed by atoms with Crippen LogP contribution in [0.1, 0.15) is 11.5 Å². The summed E-state index contributed by atoms with van der Waals surface area (Å²) in [6.07, 6.45) is 2.89. The van der Waals surface area contributed by atoms with Crippen molar-refractivity contribution in [3.63, 3.8) is 0 Å². The van der Waals surface area contributed by atoms with Gasteiger partial charge in [-0.15, -0.1) is 0 Å². The molecule has 2 atom stereocenters. The van der Waals surface area contributed by atoms with Crippen LogP contribution in [-0.2, 0) is 17.1 Å². The van der Waals surface area contributed by atoms with E-state index in [-0.39, 0.29) is 41.7 Å². The van der Waals surface area contributed by atoms with Crippen molar-refractivity contribution in [1.82, 2.24) is 13.9 Å². The molecule has 1 fully saturated rings. The van der Waals surface area contributed by atoms with Crippen LogP contribution >= 0.6 is 0 Å². The van der Waals surface area contributed by atoms with Crippen molar-refractivity contribution < 1.29 is 17.2 Å². The average Bonchev–Trinajstić information content (AvgIpc) is 3.30. The minimum absolute atomic E-state index is 0.0238. The number of imidazole rings is 1. The Morgan fingerprint density at radius 2 is 1.83 bits per heavy atom. The van der Waals surface area contributed by atoms with Gasteiger partial charge in [0.1, 0.15) is 11.6 Å². The standard InChI is InChI=1S/C20H20F2N4O2S/c1-25-12-20(23-13-25)29(27,28)26-10-18(14-5-7-15(21)8-6-14)19(11-26)24-17-4-2-3-16(22)9-17/h2-9,12-13,18-19,24H,10-11H2,1H3. The number of hydrogen-bond donors (Lipinski definition) is 1. The molecule has 0 aliphatic carbocycles. The molecule has 2 heterocycles. The van der Waals surface area contributed by atoms with E-state index in [0.29, 0.717) is 5.69 Å². The van der Waals surface area contributed by atoms with Gasteiger partial charge < -0.3 is 9.88 Å². The molecular formula is C20H20F2N4O2S. The van der Waals surface area contributed by atoms with Crippen LogP contribution in [0.5, 0.6) is 0 Å². The van der Waals surface area contributed by atoms with Crippen molar-refractivity contribution in [2.24, 2.45) is 7.05 Å². The van der Waals surface area contributed by atoms with Crippen LogP contribution in [0.15, 0.2) is 66.1 Å². The summed E-state index contributed by atoms with van der Waals surface area (Å²) < 4.78 is 56.0. The van der Waals surface area contributed by atoms with Crippen LogP contribution in [0.3, 0.4) is 0 Å². The van der Waals surface area contributed by atoms with Gasteiger partial charge in [0.15, 0.2) is 5.03 Å². The summed E-state index contributed by atoms with van der Waals surface area (Å²) in [6, 6.07) is 11.7. The highest BCUT2D eigenvalue weighted by Gasteiger charge is 2.41. The zero-order chi connectivity index (χ0) is 20.6. The summed E-state index contributed by atoms with van der Waals surface area (Å²) in [5.74, 6) is -0.985. The molecule has 0 radical (unpaired) electrons. The normalized spacial score (nSPS) is 20.1. The lowest BCUT2D eigenvalue weighted by atomic mass is 9.94. The number of sulfonamides is 1. The van der Waals surface area contributed by atoms with Crippen molar-refractivity contribution in [3.05, 3.63) is 78.3 Å². The third-order valence-corrected chi connectivity index (χ3v) is 6.76. The quantitative estimate of drug-likeness (QED) is 0.692. The Morgan fingerprint density at radius 3 is 2.48 bits per heavy atom. The first kappa shape index (κ1) is 19.5. The van der Waals surface area contributed by atoms with Gasteiger partial charge in [-0.05, 0) is 35.9 Å². The molecule has 3 aromatic rings. The predicted molar refractivity (Wildman–Crippen MR) is 105 cm³/mol. The number of benzene rings is 2. The molecule has 1 aliphatic rings. The first-order chi connectivity index (χ1) is 13.8. The van der Waals surface area contributed by atoms with Gasteiger partial charge in [0.05, 0.1) is 6.33 Å². The number of rotatable bonds is 5. The van der Waals surface area contributed by atoms with Gasteiger partial charge in [0, 0.05) is 44.0 Å². The monoisotopic (exact) mass is 418 g/mol. The molecule has 1 N–H and O–H groups in total. The van der Waals surface area contributed by atoms with Gasteiger partial charge in [-0.25, -0.2) is 22.2 Å². The number of nitrogens with zero attached hydrogens (tertiary/aromatic N) is 3. The predicted octanol–water partition coefficient (Wildman–Crippen LogP) is 2.97. The van der Waals surface area contributed by atoms with E-state index in [9.17, 15) is 17.2 Å². The molecule has 9 heteroatoms. The third-order valence-electron chi connectivity index (χ3n) is 5.05. The summed E-state index contributed by atoms with van der Waals surface area (Å²) in [6.45, 7) is 0.384. The van der Waals surface area contributed by atoms with Gasteiger partial charge in [-0.2, -0.15) is 4.31 Å². The van der Waals surface area contributed by atoms with Crippen molar-refractivity contribution >= 4 is 15.7 Å². The van der Waals surface area contributed by atoms with Crippen LogP contribution < -0.4 is 5.32 Å². The van der Waals surface area contributed by atoms with Crippen LogP contribution in [-0.4, -0.2) is 41.4 Å². The Bertz CT molecular complexity index is 1120. The SMILES string of the molecule is Cn1cnc(S(=O)(=O)N2CC(Nc3cccc(F)c3)C(c3ccc(F)cc3)C2)c1. The number of aryl methyl sites for hydroxylation is 1. The molecule has 0 amide bonds. The third kappa shape index (κ3) is 4.01. The number of anilines is 1. The zero-order valence-corrected chi connectivity index (χ0v) is 16.5. The highest BCUT2D eigenvalue weighted by atomic mass is 32.2. The van der Waals surface area contributed by atoms with Crippen molar-refractivity contribution in [1.29, 1.82) is 0 Å². The minimum atomic E-state index is -3.79. The summed E-state index contributed by atoms with van der Waals surface area (Å²) in [5, 5.41) is 3.21. The van der Waals surface area contributed by atoms with Gasteiger partial charge in [-0.3, -0.25) is 0 Å². The van der Waals surface area contributed by atoms with Crippen molar-refractivity contribution in [3.8, 4) is 0 Å². The average molecular weight is 418 g/mol. The fraction of sp³-hybridized carbons (Fsp3) is 0.250. The molecule has 152 valence electrons. The number of aromatic nitrogens is 2. The Kier molecular flexibility index (Phi) is 5.10. The van der Waals surface area contributed by atoms with Crippen molar-refractivity contribution in [2.75, 3.05) is 18.4 Å². The molecule has 29 heavy (non-hydrogen) atoms. The van der Waals surface area contributed by atoms with Crippen LogP contribution in [0.25, 0.3) is 0 Å². The second-order valence-corrected chi connectivity index (χ2v) is 9.00. The number of halogens is 2. The molecule has 1 aliphatic heterocycles. The second kappa shape index (κ2) is 7.57. The maximum atomic E-state index is 13.6. The lowest BCUT2D eigenvalue weighted by Crippen LogP contribution is -2.32. The zero-order valence-electron chi connectivity index (χ0n) is 15.7. The lowest BCUT2D eigenvalue weighted by molar-refractivity contribution is 0.468. The topological polar surface area (TPSA) is 67.2 Å². The Balaban J connectivity index is 1.66. The van der Waals surface area contributed by atoms with E-state index in [4.69, 9.17) is 0 Å². The maximum absolute atomic E-state index is 13.6. The molecule has 0 saturated carbocycles. The van der Waals surface area contributed by atoms with E-state index in [0.717, 1.165) is 5.56 Å². The highest BCUT2D eigenvalue weighted by molar-refractivity contribution is 7.89. The molecule has 0 bridgehead atoms. The number of hydrogen-bond acceptors (Lipinski definition) is 4. The van der Waals surface area contributed by atoms with E-state index in [1.165, 1.54) is 41.1 Å². The Morgan fingerprint density at radius 1 is 1.07 bits per heavy atom. The highest BCUT2D eigenvalue weighted by Crippen LogP contribution is 2.33. The molecule has 4 rings (SSSR count). The second-order valence-electron chi connectivity index (χ2n) is 7.12. The fourth-order valence-electron chi connectivity index (χ4n) is 3.60. The maximum Gasteiger partial charge on any atom is 0.262 e. The fourth-order valence-corrected chi connectivity index (χ4v) is 5.06. The van der Waals surface area contributed by atoms with Crippen LogP contribution in [0.4, 0.5) is 14.5 Å². The van der Waals surface area contributed by atoms with Gasteiger partial charge in [0.25, 0.3) is 10.0 Å². The van der Waals surface area contributed by atoms with E-state index >= 15 is 0 Å². The lowest BCUT2D eigenvalue weighted by Gasteiger charge is -2.21. The Labute approximate surface area is 167 Å². The van der Waals surface area contributed by atoms with Crippen LogP contribution in [0.2, 0.25) is 0 Å². The molecular weight excluding hydrogens is 398 g/mol. The molecule has 1 saturated heterocycles. The molecule has 6 nitrogen and oxygen atoms in total. The van der Waals surface area contributed by atoms with E-state index in [1.54, 1.807) is 35.9 Å². The van der Waals surface area contributed by atoms with Crippen LogP contribution in [0, 0.1) is 11.6 Å². The van der Waals surface area contributed by atoms with E-state index in [1.807, 2.05) is 0 Å². The van der Waals surface area contributed by atoms with Gasteiger partial charge >= 0.3 is 0 Å². The van der Waals surface area contributed by atoms with Crippen molar-refractivity contribution in [2.45, 2.75) is 17.0 Å². The summed E-state index contributed by atoms with van der Waals surface area (Å²) in [7, 11) is -2.09. The molecule has 2 aromatic carbocycles. The number of nitrogens with one attached hydrogen (secondary N) is 1. The minimum Gasteiger partial charge on any atom is -0.380 e. The van der Waals surface area contributed by atoms with E-state index in [2.05, 4.69) is 10.3 Å². The van der Waals surface area contributed by atoms with Gasteiger partial charge in [-0.1, -0.05) is 18.2 Å². The van der Waals surface area contributed by atoms with Gasteiger partial charge in [0.2, 0.25) is 0 Å². The largest absolute Gasteiger partial charge is 0.380 e. The van der Waals surface area contributed by atoms with E-state index < -0.39 is 10.0 Å². The Hall–Kier alpha value is -2.78. The molecule has 0 spiro atoms. The molecule has 2 unspecified atom stereocenters. The summed E-state index contributed by atoms with van der Waals surface area (Å²) in [5.41, 5.74) is 1.36. The summed E-state index contributed by atoms with van der Waals surface area (Å²) >= 11 is 0. The summed E-state index contributed by atoms with van der Waals surface area (Å²) in [4.78, 5) is 3.98. The smallest absolute Gasteiger partial charge is 0.262 e. The first-order valence-corrected chi connectivity index (χ1v) is 10.5. The molecule has 1 aromatic heterocycles.